The number of likely N-dealkylation sites (tertiary alicyclic amines) is 1. The van der Waals surface area contributed by atoms with E-state index >= 15 is 0 Å². The zero-order chi connectivity index (χ0) is 9.68. The van der Waals surface area contributed by atoms with Crippen molar-refractivity contribution in [3.63, 3.8) is 0 Å². The minimum Gasteiger partial charge on any atom is -1.00 e. The standard InChI is InChI=1S/C9H15NO3.Na.H/c1-8(11)13-9(12)7-10-5-3-2-4-6-10;;/h2-7H2,1H3;;/q;+1;-1. The van der Waals surface area contributed by atoms with Gasteiger partial charge in [0.15, 0.2) is 0 Å². The Morgan fingerprint density at radius 3 is 2.36 bits per heavy atom. The first-order chi connectivity index (χ1) is 6.18. The molecule has 0 aliphatic carbocycles. The number of ether oxygens (including phenoxy) is 1. The third-order valence-corrected chi connectivity index (χ3v) is 2.06. The third-order valence-electron chi connectivity index (χ3n) is 2.06. The van der Waals surface area contributed by atoms with E-state index in [1.54, 1.807) is 0 Å². The normalized spacial score (nSPS) is 16.9. The number of carbonyl (C=O) groups is 2. The molecule has 0 aromatic carbocycles. The predicted molar refractivity (Wildman–Crippen MR) is 48.2 cm³/mol. The molecule has 1 rings (SSSR count). The van der Waals surface area contributed by atoms with Gasteiger partial charge in [-0.05, 0) is 25.9 Å². The summed E-state index contributed by atoms with van der Waals surface area (Å²) in [5, 5.41) is 0. The molecule has 1 aliphatic rings. The smallest absolute Gasteiger partial charge is 1.00 e. The van der Waals surface area contributed by atoms with Gasteiger partial charge in [0, 0.05) is 6.92 Å². The van der Waals surface area contributed by atoms with Crippen LogP contribution in [0.1, 0.15) is 27.6 Å². The van der Waals surface area contributed by atoms with Crippen LogP contribution in [0.3, 0.4) is 0 Å². The van der Waals surface area contributed by atoms with Crippen molar-refractivity contribution in [1.29, 1.82) is 0 Å². The topological polar surface area (TPSA) is 46.6 Å². The number of piperidine rings is 1. The average Bonchev–Trinajstić information content (AvgIpc) is 2.04. The molecular formula is C9H16NNaO3. The molecule has 0 bridgehead atoms. The van der Waals surface area contributed by atoms with Crippen LogP contribution in [0.25, 0.3) is 0 Å². The van der Waals surface area contributed by atoms with Gasteiger partial charge in [0.25, 0.3) is 0 Å². The Bertz CT molecular complexity index is 208. The van der Waals surface area contributed by atoms with Gasteiger partial charge in [0.1, 0.15) is 0 Å². The number of hydrogen-bond donors (Lipinski definition) is 0. The van der Waals surface area contributed by atoms with Crippen molar-refractivity contribution in [2.75, 3.05) is 19.6 Å². The number of carbonyl (C=O) groups excluding carboxylic acids is 2. The molecule has 1 saturated heterocycles. The fourth-order valence-electron chi connectivity index (χ4n) is 1.49. The van der Waals surface area contributed by atoms with Gasteiger partial charge in [-0.3, -0.25) is 14.5 Å². The molecule has 5 heteroatoms. The summed E-state index contributed by atoms with van der Waals surface area (Å²) in [5.41, 5.74) is 0. The molecular weight excluding hydrogens is 193 g/mol. The fraction of sp³-hybridized carbons (Fsp3) is 0.778. The van der Waals surface area contributed by atoms with Crippen LogP contribution in [0.15, 0.2) is 0 Å². The van der Waals surface area contributed by atoms with Crippen LogP contribution in [0.2, 0.25) is 0 Å². The van der Waals surface area contributed by atoms with Crippen LogP contribution in [0, 0.1) is 0 Å². The van der Waals surface area contributed by atoms with Crippen molar-refractivity contribution in [3.05, 3.63) is 0 Å². The van der Waals surface area contributed by atoms with Crippen LogP contribution >= 0.6 is 0 Å². The van der Waals surface area contributed by atoms with E-state index in [4.69, 9.17) is 0 Å². The summed E-state index contributed by atoms with van der Waals surface area (Å²) in [6.45, 7) is 3.37. The Kier molecular flexibility index (Phi) is 7.45. The molecule has 1 aliphatic heterocycles. The molecule has 14 heavy (non-hydrogen) atoms. The molecule has 0 unspecified atom stereocenters. The van der Waals surface area contributed by atoms with Gasteiger partial charge in [-0.15, -0.1) is 0 Å². The molecule has 0 N–H and O–H groups in total. The van der Waals surface area contributed by atoms with Crippen molar-refractivity contribution in [2.45, 2.75) is 26.2 Å². The van der Waals surface area contributed by atoms with E-state index in [0.717, 1.165) is 25.9 Å². The second-order valence-corrected chi connectivity index (χ2v) is 3.30. The number of rotatable bonds is 2. The monoisotopic (exact) mass is 209 g/mol. The minimum atomic E-state index is -0.526. The molecule has 0 saturated carbocycles. The fourth-order valence-corrected chi connectivity index (χ4v) is 1.49. The molecule has 0 atom stereocenters. The molecule has 0 aromatic heterocycles. The summed E-state index contributed by atoms with van der Waals surface area (Å²) in [6.07, 6.45) is 3.50. The zero-order valence-corrected chi connectivity index (χ0v) is 10.9. The van der Waals surface area contributed by atoms with E-state index in [9.17, 15) is 9.59 Å². The van der Waals surface area contributed by atoms with E-state index in [0.29, 0.717) is 0 Å². The van der Waals surface area contributed by atoms with Crippen molar-refractivity contribution >= 4 is 11.9 Å². The average molecular weight is 209 g/mol. The van der Waals surface area contributed by atoms with Crippen molar-refractivity contribution in [1.82, 2.24) is 4.90 Å². The third kappa shape index (κ3) is 5.75. The number of esters is 2. The molecule has 1 fully saturated rings. The zero-order valence-electron chi connectivity index (χ0n) is 9.91. The Balaban J connectivity index is 0. The van der Waals surface area contributed by atoms with E-state index in [-0.39, 0.29) is 37.5 Å². The van der Waals surface area contributed by atoms with Gasteiger partial charge >= 0.3 is 41.5 Å². The Hall–Kier alpha value is 0.1000. The van der Waals surface area contributed by atoms with Gasteiger partial charge < -0.3 is 6.16 Å². The van der Waals surface area contributed by atoms with Crippen molar-refractivity contribution < 1.29 is 45.3 Å². The first kappa shape index (κ1) is 14.1. The van der Waals surface area contributed by atoms with Crippen molar-refractivity contribution in [3.8, 4) is 0 Å². The maximum atomic E-state index is 11.0. The van der Waals surface area contributed by atoms with Gasteiger partial charge in [-0.2, -0.15) is 0 Å². The molecule has 76 valence electrons. The summed E-state index contributed by atoms with van der Waals surface area (Å²) in [6, 6.07) is 0. The van der Waals surface area contributed by atoms with Gasteiger partial charge in [-0.1, -0.05) is 6.42 Å². The summed E-state index contributed by atoms with van der Waals surface area (Å²) in [7, 11) is 0. The first-order valence-corrected chi connectivity index (χ1v) is 4.62. The molecule has 1 heterocycles. The number of nitrogens with zero attached hydrogens (tertiary/aromatic N) is 1. The molecule has 0 radical (unpaired) electrons. The van der Waals surface area contributed by atoms with E-state index in [2.05, 4.69) is 4.74 Å². The van der Waals surface area contributed by atoms with Crippen LogP contribution in [0.5, 0.6) is 0 Å². The number of hydrogen-bond acceptors (Lipinski definition) is 4. The van der Waals surface area contributed by atoms with Crippen LogP contribution in [-0.4, -0.2) is 36.5 Å². The predicted octanol–water partition coefficient (Wildman–Crippen LogP) is -2.32. The Morgan fingerprint density at radius 1 is 1.29 bits per heavy atom. The maximum absolute atomic E-state index is 11.0. The molecule has 0 aromatic rings. The van der Waals surface area contributed by atoms with E-state index in [1.807, 2.05) is 4.90 Å². The van der Waals surface area contributed by atoms with Crippen molar-refractivity contribution in [2.24, 2.45) is 0 Å². The molecule has 4 nitrogen and oxygen atoms in total. The summed E-state index contributed by atoms with van der Waals surface area (Å²) >= 11 is 0. The molecule has 0 amide bonds. The maximum Gasteiger partial charge on any atom is 1.00 e. The Labute approximate surface area is 108 Å². The second-order valence-electron chi connectivity index (χ2n) is 3.30. The van der Waals surface area contributed by atoms with Crippen LogP contribution < -0.4 is 29.6 Å². The first-order valence-electron chi connectivity index (χ1n) is 4.62. The second kappa shape index (κ2) is 7.40. The van der Waals surface area contributed by atoms with E-state index in [1.165, 1.54) is 13.3 Å². The van der Waals surface area contributed by atoms with E-state index < -0.39 is 11.9 Å². The van der Waals surface area contributed by atoms with Crippen LogP contribution in [-0.2, 0) is 14.3 Å². The van der Waals surface area contributed by atoms with Crippen LogP contribution in [0.4, 0.5) is 0 Å². The SMILES string of the molecule is CC(=O)OC(=O)CN1CCCCC1.[H-].[Na+]. The minimum absolute atomic E-state index is 0. The summed E-state index contributed by atoms with van der Waals surface area (Å²) < 4.78 is 4.43. The van der Waals surface area contributed by atoms with Gasteiger partial charge in [0.2, 0.25) is 0 Å². The summed E-state index contributed by atoms with van der Waals surface area (Å²) in [4.78, 5) is 23.5. The summed E-state index contributed by atoms with van der Waals surface area (Å²) in [5.74, 6) is -0.962. The quantitative estimate of drug-likeness (QED) is 0.291. The van der Waals surface area contributed by atoms with Gasteiger partial charge in [0.05, 0.1) is 6.54 Å². The van der Waals surface area contributed by atoms with Gasteiger partial charge in [-0.25, -0.2) is 0 Å². The largest absolute Gasteiger partial charge is 1.00 e. The Morgan fingerprint density at radius 2 is 1.86 bits per heavy atom. The molecule has 0 spiro atoms.